The molecule has 30 heavy (non-hydrogen) atoms. The summed E-state index contributed by atoms with van der Waals surface area (Å²) in [6, 6.07) is 23.0. The van der Waals surface area contributed by atoms with Gasteiger partial charge >= 0.3 is 0 Å². The lowest BCUT2D eigenvalue weighted by Gasteiger charge is -2.15. The number of benzene rings is 3. The Hall–Kier alpha value is -3.70. The van der Waals surface area contributed by atoms with E-state index in [4.69, 9.17) is 9.10 Å². The summed E-state index contributed by atoms with van der Waals surface area (Å²) in [7, 11) is 0. The Morgan fingerprint density at radius 1 is 0.767 bits per heavy atom. The number of aromatic nitrogens is 1. The molecule has 0 unspecified atom stereocenters. The highest BCUT2D eigenvalue weighted by Crippen LogP contribution is 2.33. The molecule has 146 valence electrons. The number of nitrogens with zero attached hydrogens (tertiary/aromatic N) is 2. The van der Waals surface area contributed by atoms with Crippen molar-refractivity contribution in [3.63, 3.8) is 0 Å². The van der Waals surface area contributed by atoms with Crippen molar-refractivity contribution < 1.29 is 4.11 Å². The van der Waals surface area contributed by atoms with E-state index in [-0.39, 0.29) is 0 Å². The van der Waals surface area contributed by atoms with Crippen LogP contribution in [0, 0.1) is 39.0 Å². The maximum atomic E-state index is 9.24. The van der Waals surface area contributed by atoms with E-state index in [0.717, 1.165) is 44.6 Å². The minimum absolute atomic E-state index is 0.328. The number of rotatable bonds is 3. The minimum Gasteiger partial charge on any atom is -0.256 e. The van der Waals surface area contributed by atoms with Gasteiger partial charge in [0.1, 0.15) is 0 Å². The molecule has 0 aliphatic heterocycles. The average molecular weight is 392 g/mol. The van der Waals surface area contributed by atoms with Crippen LogP contribution in [-0.2, 0) is 0 Å². The average Bonchev–Trinajstić information content (AvgIpc) is 2.79. The summed E-state index contributed by atoms with van der Waals surface area (Å²) < 4.78 is 23.9. The third-order valence-electron chi connectivity index (χ3n) is 5.44. The highest BCUT2D eigenvalue weighted by molar-refractivity contribution is 5.78. The van der Waals surface area contributed by atoms with E-state index in [1.165, 1.54) is 0 Å². The summed E-state index contributed by atoms with van der Waals surface area (Å²) in [6.07, 6.45) is 1.87. The van der Waals surface area contributed by atoms with E-state index in [0.29, 0.717) is 16.7 Å². The first-order chi connectivity index (χ1) is 15.7. The molecule has 0 amide bonds. The number of pyridine rings is 1. The summed E-state index contributed by atoms with van der Waals surface area (Å²) in [6.45, 7) is 3.86. The first-order valence-electron chi connectivity index (χ1n) is 11.4. The van der Waals surface area contributed by atoms with Crippen LogP contribution >= 0.6 is 0 Å². The molecule has 0 atom stereocenters. The summed E-state index contributed by atoms with van der Waals surface area (Å²) in [5, 5.41) is 9.24. The lowest BCUT2D eigenvalue weighted by atomic mass is 9.91. The van der Waals surface area contributed by atoms with E-state index in [1.54, 1.807) is 6.07 Å². The number of aryl methyl sites for hydroxylation is 4. The molecule has 0 spiro atoms. The van der Waals surface area contributed by atoms with Crippen LogP contribution in [0.4, 0.5) is 0 Å². The SMILES string of the molecule is [2H]C([2H])([2H])c1ccc(-c2cc(C)c(-c3c(C)cc(C#N)cc3C)cn2)cc1-c1ccccc1. The molecular formula is C28H24N2. The predicted molar refractivity (Wildman–Crippen MR) is 124 cm³/mol. The normalized spacial score (nSPS) is 12.5. The first kappa shape index (κ1) is 16.1. The molecule has 0 bridgehead atoms. The van der Waals surface area contributed by atoms with Gasteiger partial charge in [0.2, 0.25) is 0 Å². The van der Waals surface area contributed by atoms with Crippen molar-refractivity contribution in [2.45, 2.75) is 27.6 Å². The van der Waals surface area contributed by atoms with Crippen molar-refractivity contribution in [3.8, 4) is 39.6 Å². The first-order valence-corrected chi connectivity index (χ1v) is 9.87. The molecule has 0 radical (unpaired) electrons. The molecule has 2 heteroatoms. The van der Waals surface area contributed by atoms with E-state index < -0.39 is 6.85 Å². The van der Waals surface area contributed by atoms with Crippen molar-refractivity contribution in [2.75, 3.05) is 0 Å². The number of hydrogen-bond donors (Lipinski definition) is 0. The van der Waals surface area contributed by atoms with E-state index in [2.05, 4.69) is 6.07 Å². The van der Waals surface area contributed by atoms with Crippen LogP contribution in [0.25, 0.3) is 33.5 Å². The topological polar surface area (TPSA) is 36.7 Å². The second kappa shape index (κ2) is 7.97. The Morgan fingerprint density at radius 2 is 1.50 bits per heavy atom. The van der Waals surface area contributed by atoms with Crippen LogP contribution in [0.1, 0.15) is 31.9 Å². The van der Waals surface area contributed by atoms with Gasteiger partial charge < -0.3 is 0 Å². The lowest BCUT2D eigenvalue weighted by molar-refractivity contribution is 1.26. The molecule has 4 aromatic rings. The quantitative estimate of drug-likeness (QED) is 0.370. The summed E-state index contributed by atoms with van der Waals surface area (Å²) in [4.78, 5) is 4.73. The van der Waals surface area contributed by atoms with Gasteiger partial charge in [0.25, 0.3) is 0 Å². The van der Waals surface area contributed by atoms with Gasteiger partial charge in [-0.05, 0) is 90.8 Å². The van der Waals surface area contributed by atoms with Gasteiger partial charge in [-0.2, -0.15) is 5.26 Å². The molecule has 3 aromatic carbocycles. The van der Waals surface area contributed by atoms with Crippen molar-refractivity contribution in [1.82, 2.24) is 4.98 Å². The van der Waals surface area contributed by atoms with Gasteiger partial charge in [-0.15, -0.1) is 0 Å². The van der Waals surface area contributed by atoms with Gasteiger partial charge in [0.15, 0.2) is 0 Å². The number of hydrogen-bond acceptors (Lipinski definition) is 2. The molecule has 1 heterocycles. The molecule has 0 saturated carbocycles. The largest absolute Gasteiger partial charge is 0.256 e. The van der Waals surface area contributed by atoms with Crippen molar-refractivity contribution in [3.05, 3.63) is 101 Å². The summed E-state index contributed by atoms with van der Waals surface area (Å²) in [5.41, 5.74) is 9.45. The Bertz CT molecular complexity index is 1360. The Kier molecular flexibility index (Phi) is 4.29. The molecule has 0 N–H and O–H groups in total. The van der Waals surface area contributed by atoms with Crippen molar-refractivity contribution in [2.24, 2.45) is 0 Å². The molecule has 1 aromatic heterocycles. The predicted octanol–water partition coefficient (Wildman–Crippen LogP) is 7.19. The highest BCUT2D eigenvalue weighted by atomic mass is 14.7. The third kappa shape index (κ3) is 3.63. The second-order valence-corrected chi connectivity index (χ2v) is 7.61. The Labute approximate surface area is 182 Å². The highest BCUT2D eigenvalue weighted by Gasteiger charge is 2.13. The molecule has 0 aliphatic carbocycles. The van der Waals surface area contributed by atoms with Crippen molar-refractivity contribution >= 4 is 0 Å². The van der Waals surface area contributed by atoms with Crippen LogP contribution in [-0.4, -0.2) is 4.98 Å². The molecule has 0 saturated heterocycles. The fourth-order valence-corrected chi connectivity index (χ4v) is 3.99. The van der Waals surface area contributed by atoms with Crippen LogP contribution in [0.5, 0.6) is 0 Å². The van der Waals surface area contributed by atoms with Gasteiger partial charge in [-0.3, -0.25) is 4.98 Å². The zero-order valence-electron chi connectivity index (χ0n) is 20.3. The lowest BCUT2D eigenvalue weighted by Crippen LogP contribution is -1.95. The summed E-state index contributed by atoms with van der Waals surface area (Å²) in [5.74, 6) is 0. The van der Waals surface area contributed by atoms with Crippen LogP contribution in [0.2, 0.25) is 0 Å². The smallest absolute Gasteiger partial charge is 0.0991 e. The molecule has 0 aliphatic rings. The zero-order chi connectivity index (χ0) is 23.8. The van der Waals surface area contributed by atoms with Crippen molar-refractivity contribution in [1.29, 1.82) is 5.26 Å². The van der Waals surface area contributed by atoms with Crippen LogP contribution in [0.15, 0.2) is 72.9 Å². The standard InChI is InChI=1S/C28H24N2/c1-18-10-11-24(15-25(18)23-8-6-5-7-9-23)27-14-19(2)26(17-30-27)28-20(3)12-22(16-29)13-21(28)4/h5-15,17H,1-4H3/i1D3. The van der Waals surface area contributed by atoms with Gasteiger partial charge in [0.05, 0.1) is 17.3 Å². The molecule has 2 nitrogen and oxygen atoms in total. The fraction of sp³-hybridized carbons (Fsp3) is 0.143. The Balaban J connectivity index is 1.82. The second-order valence-electron chi connectivity index (χ2n) is 7.61. The molecule has 0 fully saturated rings. The van der Waals surface area contributed by atoms with E-state index in [1.807, 2.05) is 87.6 Å². The minimum atomic E-state index is -2.21. The Morgan fingerprint density at radius 3 is 2.13 bits per heavy atom. The van der Waals surface area contributed by atoms with E-state index >= 15 is 0 Å². The van der Waals surface area contributed by atoms with E-state index in [9.17, 15) is 5.26 Å². The van der Waals surface area contributed by atoms with Gasteiger partial charge in [-0.25, -0.2) is 0 Å². The fourth-order valence-electron chi connectivity index (χ4n) is 3.99. The third-order valence-corrected chi connectivity index (χ3v) is 5.44. The molecule has 4 rings (SSSR count). The monoisotopic (exact) mass is 391 g/mol. The van der Waals surface area contributed by atoms with Crippen LogP contribution in [0.3, 0.4) is 0 Å². The van der Waals surface area contributed by atoms with Gasteiger partial charge in [0, 0.05) is 21.4 Å². The number of nitriles is 1. The van der Waals surface area contributed by atoms with Crippen LogP contribution < -0.4 is 0 Å². The van der Waals surface area contributed by atoms with Gasteiger partial charge in [-0.1, -0.05) is 42.5 Å². The summed E-state index contributed by atoms with van der Waals surface area (Å²) >= 11 is 0. The maximum Gasteiger partial charge on any atom is 0.0991 e. The maximum absolute atomic E-state index is 9.24. The molecular weight excluding hydrogens is 364 g/mol. The zero-order valence-corrected chi connectivity index (χ0v) is 17.3.